The van der Waals surface area contributed by atoms with E-state index in [1.165, 1.54) is 37.7 Å². The number of nitrogens with one attached hydrogen (secondary N) is 1. The second-order valence-corrected chi connectivity index (χ2v) is 5.46. The van der Waals surface area contributed by atoms with Gasteiger partial charge < -0.3 is 10.4 Å². The number of aliphatic hydroxyl groups is 1. The van der Waals surface area contributed by atoms with Crippen LogP contribution in [-0.2, 0) is 0 Å². The van der Waals surface area contributed by atoms with Crippen LogP contribution in [0.15, 0.2) is 36.9 Å². The molecule has 0 aliphatic heterocycles. The van der Waals surface area contributed by atoms with Gasteiger partial charge in [0.2, 0.25) is 0 Å². The number of hydrogen-bond donors (Lipinski definition) is 2. The Morgan fingerprint density at radius 3 is 2.53 bits per heavy atom. The Morgan fingerprint density at radius 1 is 1.21 bits per heavy atom. The monoisotopic (exact) mass is 259 g/mol. The Kier molecular flexibility index (Phi) is 5.62. The molecule has 0 heterocycles. The third kappa shape index (κ3) is 4.19. The molecule has 1 saturated carbocycles. The molecule has 1 aliphatic rings. The summed E-state index contributed by atoms with van der Waals surface area (Å²) < 4.78 is 0. The van der Waals surface area contributed by atoms with Crippen molar-refractivity contribution >= 4 is 0 Å². The average molecular weight is 259 g/mol. The lowest BCUT2D eigenvalue weighted by Crippen LogP contribution is -2.21. The first-order valence-corrected chi connectivity index (χ1v) is 7.41. The largest absolute Gasteiger partial charge is 0.387 e. The van der Waals surface area contributed by atoms with Crippen LogP contribution >= 0.6 is 0 Å². The van der Waals surface area contributed by atoms with Gasteiger partial charge in [0.05, 0.1) is 6.10 Å². The van der Waals surface area contributed by atoms with E-state index in [1.54, 1.807) is 6.08 Å². The van der Waals surface area contributed by atoms with Gasteiger partial charge in [0.15, 0.2) is 0 Å². The molecular formula is C17H25NO. The summed E-state index contributed by atoms with van der Waals surface area (Å²) in [5.41, 5.74) is 2.44. The van der Waals surface area contributed by atoms with Gasteiger partial charge in [0.1, 0.15) is 0 Å². The van der Waals surface area contributed by atoms with E-state index in [-0.39, 0.29) is 0 Å². The van der Waals surface area contributed by atoms with E-state index in [1.807, 2.05) is 0 Å². The molecule has 1 aliphatic carbocycles. The van der Waals surface area contributed by atoms with Gasteiger partial charge >= 0.3 is 0 Å². The standard InChI is InChI=1S/C17H25NO/c1-2-12-18-13-17(19)16-10-8-15(9-11-16)14-6-4-3-5-7-14/h2,8-11,14,17-19H,1,3-7,12-13H2. The lowest BCUT2D eigenvalue weighted by Gasteiger charge is -2.22. The van der Waals surface area contributed by atoms with Crippen LogP contribution < -0.4 is 5.32 Å². The predicted molar refractivity (Wildman–Crippen MR) is 80.3 cm³/mol. The van der Waals surface area contributed by atoms with Crippen LogP contribution in [0, 0.1) is 0 Å². The first kappa shape index (κ1) is 14.3. The van der Waals surface area contributed by atoms with Gasteiger partial charge in [0, 0.05) is 13.1 Å². The Labute approximate surface area is 116 Å². The van der Waals surface area contributed by atoms with E-state index in [2.05, 4.69) is 36.2 Å². The summed E-state index contributed by atoms with van der Waals surface area (Å²) in [6, 6.07) is 8.54. The third-order valence-corrected chi connectivity index (χ3v) is 4.02. The molecule has 1 aromatic carbocycles. The number of aliphatic hydroxyl groups excluding tert-OH is 1. The first-order valence-electron chi connectivity index (χ1n) is 7.41. The van der Waals surface area contributed by atoms with E-state index in [0.29, 0.717) is 6.54 Å². The van der Waals surface area contributed by atoms with E-state index in [4.69, 9.17) is 0 Å². The molecule has 2 N–H and O–H groups in total. The third-order valence-electron chi connectivity index (χ3n) is 4.02. The summed E-state index contributed by atoms with van der Waals surface area (Å²) in [6.07, 6.45) is 8.13. The first-order chi connectivity index (χ1) is 9.31. The lowest BCUT2D eigenvalue weighted by atomic mass is 9.84. The molecule has 2 heteroatoms. The minimum atomic E-state index is -0.430. The molecule has 2 nitrogen and oxygen atoms in total. The number of hydrogen-bond acceptors (Lipinski definition) is 2. The molecule has 1 aromatic rings. The molecule has 0 bridgehead atoms. The zero-order chi connectivity index (χ0) is 13.5. The van der Waals surface area contributed by atoms with Gasteiger partial charge in [-0.05, 0) is 29.9 Å². The van der Waals surface area contributed by atoms with Crippen LogP contribution in [0.2, 0.25) is 0 Å². The van der Waals surface area contributed by atoms with Crippen molar-refractivity contribution in [1.29, 1.82) is 0 Å². The Morgan fingerprint density at radius 2 is 1.89 bits per heavy atom. The second-order valence-electron chi connectivity index (χ2n) is 5.46. The van der Waals surface area contributed by atoms with Gasteiger partial charge in [0.25, 0.3) is 0 Å². The van der Waals surface area contributed by atoms with Crippen molar-refractivity contribution in [3.05, 3.63) is 48.0 Å². The van der Waals surface area contributed by atoms with Crippen LogP contribution in [0.1, 0.15) is 55.3 Å². The fourth-order valence-corrected chi connectivity index (χ4v) is 2.87. The maximum absolute atomic E-state index is 10.1. The van der Waals surface area contributed by atoms with Crippen molar-refractivity contribution in [3.8, 4) is 0 Å². The molecule has 0 amide bonds. The fourth-order valence-electron chi connectivity index (χ4n) is 2.87. The van der Waals surface area contributed by atoms with Crippen LogP contribution in [0.4, 0.5) is 0 Å². The Balaban J connectivity index is 1.91. The molecule has 19 heavy (non-hydrogen) atoms. The van der Waals surface area contributed by atoms with Gasteiger partial charge in [-0.15, -0.1) is 6.58 Å². The summed E-state index contributed by atoms with van der Waals surface area (Å²) in [4.78, 5) is 0. The normalized spacial score (nSPS) is 18.2. The van der Waals surface area contributed by atoms with Crippen molar-refractivity contribution in [2.75, 3.05) is 13.1 Å². The second kappa shape index (κ2) is 7.46. The molecule has 0 spiro atoms. The molecule has 2 rings (SSSR count). The Hall–Kier alpha value is -1.12. The molecular weight excluding hydrogens is 234 g/mol. The van der Waals surface area contributed by atoms with E-state index in [0.717, 1.165) is 18.0 Å². The molecule has 1 fully saturated rings. The molecule has 104 valence electrons. The van der Waals surface area contributed by atoms with E-state index < -0.39 is 6.10 Å². The van der Waals surface area contributed by atoms with Crippen molar-refractivity contribution < 1.29 is 5.11 Å². The van der Waals surface area contributed by atoms with Crippen LogP contribution in [0.3, 0.4) is 0 Å². The van der Waals surface area contributed by atoms with E-state index in [9.17, 15) is 5.11 Å². The average Bonchev–Trinajstić information content (AvgIpc) is 2.48. The van der Waals surface area contributed by atoms with Crippen LogP contribution in [0.25, 0.3) is 0 Å². The number of benzene rings is 1. The predicted octanol–water partition coefficient (Wildman–Crippen LogP) is 3.54. The molecule has 0 saturated heterocycles. The minimum Gasteiger partial charge on any atom is -0.387 e. The van der Waals surface area contributed by atoms with Crippen molar-refractivity contribution in [2.45, 2.75) is 44.1 Å². The topological polar surface area (TPSA) is 32.3 Å². The molecule has 0 radical (unpaired) electrons. The molecule has 1 unspecified atom stereocenters. The highest BCUT2D eigenvalue weighted by Crippen LogP contribution is 2.32. The van der Waals surface area contributed by atoms with E-state index >= 15 is 0 Å². The lowest BCUT2D eigenvalue weighted by molar-refractivity contribution is 0.176. The molecule has 1 atom stereocenters. The summed E-state index contributed by atoms with van der Waals surface area (Å²) in [5, 5.41) is 13.2. The van der Waals surface area contributed by atoms with Crippen LogP contribution in [0.5, 0.6) is 0 Å². The van der Waals surface area contributed by atoms with Crippen LogP contribution in [-0.4, -0.2) is 18.2 Å². The zero-order valence-electron chi connectivity index (χ0n) is 11.6. The number of rotatable bonds is 6. The van der Waals surface area contributed by atoms with Crippen molar-refractivity contribution in [3.63, 3.8) is 0 Å². The van der Waals surface area contributed by atoms with Crippen molar-refractivity contribution in [2.24, 2.45) is 0 Å². The fraction of sp³-hybridized carbons (Fsp3) is 0.529. The molecule has 0 aromatic heterocycles. The zero-order valence-corrected chi connectivity index (χ0v) is 11.6. The van der Waals surface area contributed by atoms with Gasteiger partial charge in [-0.3, -0.25) is 0 Å². The van der Waals surface area contributed by atoms with Gasteiger partial charge in [-0.25, -0.2) is 0 Å². The highest BCUT2D eigenvalue weighted by Gasteiger charge is 2.15. The summed E-state index contributed by atoms with van der Waals surface area (Å²) in [5.74, 6) is 0.735. The quantitative estimate of drug-likeness (QED) is 0.605. The smallest absolute Gasteiger partial charge is 0.0914 e. The Bertz CT molecular complexity index is 379. The van der Waals surface area contributed by atoms with Gasteiger partial charge in [-0.1, -0.05) is 49.6 Å². The highest BCUT2D eigenvalue weighted by molar-refractivity contribution is 5.27. The maximum Gasteiger partial charge on any atom is 0.0914 e. The minimum absolute atomic E-state index is 0.430. The maximum atomic E-state index is 10.1. The summed E-state index contributed by atoms with van der Waals surface area (Å²) in [7, 11) is 0. The van der Waals surface area contributed by atoms with Gasteiger partial charge in [-0.2, -0.15) is 0 Å². The van der Waals surface area contributed by atoms with Crippen molar-refractivity contribution in [1.82, 2.24) is 5.32 Å². The SMILES string of the molecule is C=CCNCC(O)c1ccc(C2CCCCC2)cc1. The summed E-state index contributed by atoms with van der Waals surface area (Å²) >= 11 is 0. The highest BCUT2D eigenvalue weighted by atomic mass is 16.3. The summed E-state index contributed by atoms with van der Waals surface area (Å²) in [6.45, 7) is 4.96.